The molecular formula is C10H12N2O4S. The van der Waals surface area contributed by atoms with E-state index in [0.717, 1.165) is 5.56 Å². The van der Waals surface area contributed by atoms with Crippen molar-refractivity contribution in [1.82, 2.24) is 0 Å². The molecule has 3 N–H and O–H groups in total. The summed E-state index contributed by atoms with van der Waals surface area (Å²) in [7, 11) is 0. The molecule has 0 aliphatic heterocycles. The van der Waals surface area contributed by atoms with E-state index in [1.54, 1.807) is 12.1 Å². The number of aliphatic carboxylic acids is 1. The molecule has 7 heteroatoms. The highest BCUT2D eigenvalue weighted by Gasteiger charge is 2.11. The molecule has 0 aliphatic rings. The molecule has 0 spiro atoms. The van der Waals surface area contributed by atoms with Crippen LogP contribution in [0, 0.1) is 10.1 Å². The summed E-state index contributed by atoms with van der Waals surface area (Å²) in [5.41, 5.74) is 6.28. The van der Waals surface area contributed by atoms with Crippen LogP contribution in [0.1, 0.15) is 5.56 Å². The maximum absolute atomic E-state index is 10.4. The summed E-state index contributed by atoms with van der Waals surface area (Å²) < 4.78 is 0. The van der Waals surface area contributed by atoms with Crippen LogP contribution in [-0.4, -0.2) is 27.8 Å². The van der Waals surface area contributed by atoms with Gasteiger partial charge in [0.25, 0.3) is 5.69 Å². The Labute approximate surface area is 102 Å². The second-order valence-electron chi connectivity index (χ2n) is 3.38. The van der Waals surface area contributed by atoms with Crippen molar-refractivity contribution in [1.29, 1.82) is 0 Å². The van der Waals surface area contributed by atoms with Crippen molar-refractivity contribution in [3.63, 3.8) is 0 Å². The summed E-state index contributed by atoms with van der Waals surface area (Å²) >= 11 is 1.38. The van der Waals surface area contributed by atoms with Gasteiger partial charge >= 0.3 is 5.97 Å². The number of thioether (sulfide) groups is 1. The average Bonchev–Trinajstić information content (AvgIpc) is 2.29. The van der Waals surface area contributed by atoms with E-state index in [0.29, 0.717) is 11.5 Å². The van der Waals surface area contributed by atoms with E-state index >= 15 is 0 Å². The van der Waals surface area contributed by atoms with Gasteiger partial charge in [-0.05, 0) is 5.56 Å². The van der Waals surface area contributed by atoms with Crippen molar-refractivity contribution < 1.29 is 14.8 Å². The van der Waals surface area contributed by atoms with Gasteiger partial charge in [-0.3, -0.25) is 14.9 Å². The van der Waals surface area contributed by atoms with Crippen molar-refractivity contribution in [3.8, 4) is 0 Å². The number of carboxylic acids is 1. The normalized spacial score (nSPS) is 12.1. The van der Waals surface area contributed by atoms with Gasteiger partial charge < -0.3 is 10.8 Å². The Bertz CT molecular complexity index is 407. The summed E-state index contributed by atoms with van der Waals surface area (Å²) in [4.78, 5) is 20.4. The minimum atomic E-state index is -1.03. The molecule has 0 amide bonds. The van der Waals surface area contributed by atoms with E-state index in [1.807, 2.05) is 0 Å². The number of benzene rings is 1. The Hall–Kier alpha value is -1.60. The number of hydrogen-bond acceptors (Lipinski definition) is 5. The van der Waals surface area contributed by atoms with Gasteiger partial charge in [0.05, 0.1) is 4.92 Å². The van der Waals surface area contributed by atoms with Crippen molar-refractivity contribution >= 4 is 23.4 Å². The fourth-order valence-corrected chi connectivity index (χ4v) is 2.03. The molecule has 0 heterocycles. The first-order chi connectivity index (χ1) is 8.00. The van der Waals surface area contributed by atoms with Gasteiger partial charge in [-0.1, -0.05) is 12.1 Å². The summed E-state index contributed by atoms with van der Waals surface area (Å²) in [6, 6.07) is 5.27. The third-order valence-corrected chi connectivity index (χ3v) is 3.16. The molecule has 0 aromatic heterocycles. The monoisotopic (exact) mass is 256 g/mol. The quantitative estimate of drug-likeness (QED) is 0.585. The molecule has 1 rings (SSSR count). The molecule has 6 nitrogen and oxygen atoms in total. The standard InChI is InChI=1S/C10H12N2O4S/c11-9(10(13)14)6-17-5-7-1-3-8(4-2-7)12(15)16/h1-4,9H,5-6,11H2,(H,13,14). The molecule has 92 valence electrons. The molecule has 0 aliphatic carbocycles. The van der Waals surface area contributed by atoms with Crippen LogP contribution < -0.4 is 5.73 Å². The van der Waals surface area contributed by atoms with Crippen molar-refractivity contribution in [2.45, 2.75) is 11.8 Å². The van der Waals surface area contributed by atoms with Gasteiger partial charge in [-0.15, -0.1) is 0 Å². The highest BCUT2D eigenvalue weighted by Crippen LogP contribution is 2.17. The van der Waals surface area contributed by atoms with Crippen LogP contribution in [0.15, 0.2) is 24.3 Å². The highest BCUT2D eigenvalue weighted by molar-refractivity contribution is 7.98. The van der Waals surface area contributed by atoms with Crippen LogP contribution >= 0.6 is 11.8 Å². The number of carboxylic acid groups (broad SMARTS) is 1. The molecule has 1 unspecified atom stereocenters. The van der Waals surface area contributed by atoms with Crippen LogP contribution in [0.4, 0.5) is 5.69 Å². The van der Waals surface area contributed by atoms with Crippen molar-refractivity contribution in [2.75, 3.05) is 5.75 Å². The highest BCUT2D eigenvalue weighted by atomic mass is 32.2. The van der Waals surface area contributed by atoms with Crippen LogP contribution in [0.3, 0.4) is 0 Å². The lowest BCUT2D eigenvalue weighted by molar-refractivity contribution is -0.384. The molecule has 0 bridgehead atoms. The average molecular weight is 256 g/mol. The van der Waals surface area contributed by atoms with Gasteiger partial charge in [-0.25, -0.2) is 0 Å². The molecule has 0 fully saturated rings. The Morgan fingerprint density at radius 1 is 1.47 bits per heavy atom. The Morgan fingerprint density at radius 2 is 2.06 bits per heavy atom. The van der Waals surface area contributed by atoms with E-state index in [2.05, 4.69) is 0 Å². The second kappa shape index (κ2) is 6.21. The lowest BCUT2D eigenvalue weighted by Gasteiger charge is -2.05. The number of nitro groups is 1. The molecule has 0 saturated heterocycles. The number of nitrogens with zero attached hydrogens (tertiary/aromatic N) is 1. The van der Waals surface area contributed by atoms with Gasteiger partial charge in [0.1, 0.15) is 6.04 Å². The zero-order chi connectivity index (χ0) is 12.8. The van der Waals surface area contributed by atoms with Crippen LogP contribution in [0.2, 0.25) is 0 Å². The number of carbonyl (C=O) groups is 1. The zero-order valence-electron chi connectivity index (χ0n) is 8.91. The fourth-order valence-electron chi connectivity index (χ4n) is 1.09. The number of rotatable bonds is 6. The predicted octanol–water partition coefficient (Wildman–Crippen LogP) is 1.24. The molecule has 1 aromatic rings. The predicted molar refractivity (Wildman–Crippen MR) is 64.9 cm³/mol. The maximum Gasteiger partial charge on any atom is 0.321 e. The molecule has 1 aromatic carbocycles. The zero-order valence-corrected chi connectivity index (χ0v) is 9.72. The summed E-state index contributed by atoms with van der Waals surface area (Å²) in [6.45, 7) is 0. The first kappa shape index (κ1) is 13.5. The SMILES string of the molecule is NC(CSCc1ccc([N+](=O)[O-])cc1)C(=O)O. The number of nitro benzene ring substituents is 1. The molecule has 17 heavy (non-hydrogen) atoms. The third kappa shape index (κ3) is 4.41. The first-order valence-electron chi connectivity index (χ1n) is 4.80. The largest absolute Gasteiger partial charge is 0.480 e. The molecule has 0 saturated carbocycles. The number of nitrogens with two attached hydrogens (primary N) is 1. The first-order valence-corrected chi connectivity index (χ1v) is 5.95. The summed E-state index contributed by atoms with van der Waals surface area (Å²) in [5.74, 6) is -0.133. The Balaban J connectivity index is 2.42. The summed E-state index contributed by atoms with van der Waals surface area (Å²) in [6.07, 6.45) is 0. The molecule has 1 atom stereocenters. The molecule has 0 radical (unpaired) electrons. The van der Waals surface area contributed by atoms with Gasteiger partial charge in [0.15, 0.2) is 0 Å². The minimum Gasteiger partial charge on any atom is -0.480 e. The van der Waals surface area contributed by atoms with Gasteiger partial charge in [0, 0.05) is 23.6 Å². The smallest absolute Gasteiger partial charge is 0.321 e. The lowest BCUT2D eigenvalue weighted by atomic mass is 10.2. The van der Waals surface area contributed by atoms with E-state index in [4.69, 9.17) is 10.8 Å². The number of hydrogen-bond donors (Lipinski definition) is 2. The van der Waals surface area contributed by atoms with Gasteiger partial charge in [0.2, 0.25) is 0 Å². The maximum atomic E-state index is 10.4. The minimum absolute atomic E-state index is 0.0426. The van der Waals surface area contributed by atoms with Crippen molar-refractivity contribution in [2.24, 2.45) is 5.73 Å². The van der Waals surface area contributed by atoms with Crippen LogP contribution in [0.5, 0.6) is 0 Å². The third-order valence-electron chi connectivity index (χ3n) is 2.03. The van der Waals surface area contributed by atoms with E-state index < -0.39 is 16.9 Å². The topological polar surface area (TPSA) is 106 Å². The molecular weight excluding hydrogens is 244 g/mol. The Kier molecular flexibility index (Phi) is 4.92. The Morgan fingerprint density at radius 3 is 2.53 bits per heavy atom. The van der Waals surface area contributed by atoms with Crippen molar-refractivity contribution in [3.05, 3.63) is 39.9 Å². The van der Waals surface area contributed by atoms with E-state index in [1.165, 1.54) is 23.9 Å². The van der Waals surface area contributed by atoms with E-state index in [9.17, 15) is 14.9 Å². The second-order valence-corrected chi connectivity index (χ2v) is 4.41. The van der Waals surface area contributed by atoms with Gasteiger partial charge in [-0.2, -0.15) is 11.8 Å². The van der Waals surface area contributed by atoms with E-state index in [-0.39, 0.29) is 5.69 Å². The van der Waals surface area contributed by atoms with Crippen LogP contribution in [-0.2, 0) is 10.5 Å². The summed E-state index contributed by atoms with van der Waals surface area (Å²) in [5, 5.41) is 19.0. The number of non-ortho nitro benzene ring substituents is 1. The van der Waals surface area contributed by atoms with Crippen LogP contribution in [0.25, 0.3) is 0 Å². The lowest BCUT2D eigenvalue weighted by Crippen LogP contribution is -2.32. The fraction of sp³-hybridized carbons (Fsp3) is 0.300.